The molecule has 4 nitrogen and oxygen atoms in total. The van der Waals surface area contributed by atoms with Crippen LogP contribution in [0.3, 0.4) is 0 Å². The second kappa shape index (κ2) is 5.78. The lowest BCUT2D eigenvalue weighted by molar-refractivity contribution is 0.756. The zero-order chi connectivity index (χ0) is 13.1. The SMILES string of the molecule is CCc1nc(NC)c(C)c(N2CCSC(C)C2)n1. The molecule has 0 amide bonds. The number of anilines is 2. The second-order valence-corrected chi connectivity index (χ2v) is 6.21. The number of nitrogens with one attached hydrogen (secondary N) is 1. The summed E-state index contributed by atoms with van der Waals surface area (Å²) in [7, 11) is 1.92. The summed E-state index contributed by atoms with van der Waals surface area (Å²) in [6.07, 6.45) is 0.875. The van der Waals surface area contributed by atoms with Crippen LogP contribution in [0.5, 0.6) is 0 Å². The van der Waals surface area contributed by atoms with Crippen molar-refractivity contribution in [2.24, 2.45) is 0 Å². The summed E-state index contributed by atoms with van der Waals surface area (Å²) in [5.74, 6) is 4.17. The van der Waals surface area contributed by atoms with Crippen LogP contribution >= 0.6 is 11.8 Å². The lowest BCUT2D eigenvalue weighted by Crippen LogP contribution is -2.38. The third kappa shape index (κ3) is 2.71. The van der Waals surface area contributed by atoms with Gasteiger partial charge in [0.1, 0.15) is 17.5 Å². The van der Waals surface area contributed by atoms with Gasteiger partial charge in [0.05, 0.1) is 0 Å². The quantitative estimate of drug-likeness (QED) is 0.909. The highest BCUT2D eigenvalue weighted by molar-refractivity contribution is 8.00. The second-order valence-electron chi connectivity index (χ2n) is 4.67. The Morgan fingerprint density at radius 2 is 2.22 bits per heavy atom. The van der Waals surface area contributed by atoms with Crippen LogP contribution in [-0.2, 0) is 6.42 Å². The van der Waals surface area contributed by atoms with Gasteiger partial charge in [-0.05, 0) is 6.92 Å². The summed E-state index contributed by atoms with van der Waals surface area (Å²) in [6.45, 7) is 8.65. The largest absolute Gasteiger partial charge is 0.373 e. The van der Waals surface area contributed by atoms with Gasteiger partial charge in [-0.1, -0.05) is 13.8 Å². The Bertz CT molecular complexity index is 422. The smallest absolute Gasteiger partial charge is 0.137 e. The molecule has 1 N–H and O–H groups in total. The van der Waals surface area contributed by atoms with Crippen molar-refractivity contribution in [2.75, 3.05) is 36.1 Å². The predicted molar refractivity (Wildman–Crippen MR) is 79.8 cm³/mol. The van der Waals surface area contributed by atoms with Crippen molar-refractivity contribution < 1.29 is 0 Å². The molecule has 1 saturated heterocycles. The first-order chi connectivity index (χ1) is 8.65. The van der Waals surface area contributed by atoms with E-state index in [0.29, 0.717) is 5.25 Å². The summed E-state index contributed by atoms with van der Waals surface area (Å²) in [5, 5.41) is 3.85. The summed E-state index contributed by atoms with van der Waals surface area (Å²) < 4.78 is 0. The third-order valence-corrected chi connectivity index (χ3v) is 4.40. The minimum absolute atomic E-state index is 0.677. The molecule has 1 atom stereocenters. The molecule has 1 aromatic rings. The molecule has 1 aliphatic heterocycles. The van der Waals surface area contributed by atoms with Crippen molar-refractivity contribution in [1.29, 1.82) is 0 Å². The zero-order valence-corrected chi connectivity index (χ0v) is 12.5. The van der Waals surface area contributed by atoms with E-state index in [2.05, 4.69) is 36.0 Å². The van der Waals surface area contributed by atoms with Gasteiger partial charge < -0.3 is 10.2 Å². The van der Waals surface area contributed by atoms with Crippen LogP contribution in [0, 0.1) is 6.92 Å². The Balaban J connectivity index is 2.35. The summed E-state index contributed by atoms with van der Waals surface area (Å²) in [5.41, 5.74) is 1.16. The van der Waals surface area contributed by atoms with E-state index in [0.717, 1.165) is 42.5 Å². The monoisotopic (exact) mass is 266 g/mol. The molecule has 18 heavy (non-hydrogen) atoms. The topological polar surface area (TPSA) is 41.1 Å². The Kier molecular flexibility index (Phi) is 4.32. The summed E-state index contributed by atoms with van der Waals surface area (Å²) in [4.78, 5) is 11.7. The van der Waals surface area contributed by atoms with Gasteiger partial charge in [0, 0.05) is 43.1 Å². The van der Waals surface area contributed by atoms with Crippen LogP contribution in [-0.4, -0.2) is 41.1 Å². The highest BCUT2D eigenvalue weighted by atomic mass is 32.2. The molecule has 1 aromatic heterocycles. The molecular weight excluding hydrogens is 244 g/mol. The fraction of sp³-hybridized carbons (Fsp3) is 0.692. The van der Waals surface area contributed by atoms with Gasteiger partial charge in [-0.25, -0.2) is 9.97 Å². The molecule has 0 radical (unpaired) electrons. The Morgan fingerprint density at radius 1 is 1.44 bits per heavy atom. The Labute approximate surface area is 114 Å². The fourth-order valence-corrected chi connectivity index (χ4v) is 3.28. The van der Waals surface area contributed by atoms with E-state index >= 15 is 0 Å². The van der Waals surface area contributed by atoms with Crippen molar-refractivity contribution in [2.45, 2.75) is 32.4 Å². The maximum atomic E-state index is 4.72. The van der Waals surface area contributed by atoms with Gasteiger partial charge in [-0.2, -0.15) is 11.8 Å². The van der Waals surface area contributed by atoms with Crippen molar-refractivity contribution in [3.63, 3.8) is 0 Å². The van der Waals surface area contributed by atoms with Crippen LogP contribution in [0.2, 0.25) is 0 Å². The van der Waals surface area contributed by atoms with Crippen LogP contribution in [0.4, 0.5) is 11.6 Å². The molecule has 0 bridgehead atoms. The molecule has 0 spiro atoms. The molecule has 0 aromatic carbocycles. The molecular formula is C13H22N4S. The first-order valence-corrected chi connectivity index (χ1v) is 7.62. The number of hydrogen-bond acceptors (Lipinski definition) is 5. The highest BCUT2D eigenvalue weighted by Gasteiger charge is 2.21. The zero-order valence-electron chi connectivity index (χ0n) is 11.7. The molecule has 1 fully saturated rings. The van der Waals surface area contributed by atoms with Gasteiger partial charge >= 0.3 is 0 Å². The van der Waals surface area contributed by atoms with Gasteiger partial charge in [0.25, 0.3) is 0 Å². The summed E-state index contributed by atoms with van der Waals surface area (Å²) >= 11 is 2.04. The summed E-state index contributed by atoms with van der Waals surface area (Å²) in [6, 6.07) is 0. The Hall–Kier alpha value is -0.970. The molecule has 1 unspecified atom stereocenters. The van der Waals surface area contributed by atoms with Crippen molar-refractivity contribution >= 4 is 23.4 Å². The van der Waals surface area contributed by atoms with Gasteiger partial charge in [-0.3, -0.25) is 0 Å². The first kappa shape index (κ1) is 13.5. The lowest BCUT2D eigenvalue weighted by Gasteiger charge is -2.33. The number of nitrogens with zero attached hydrogens (tertiary/aromatic N) is 3. The fourth-order valence-electron chi connectivity index (χ4n) is 2.27. The number of hydrogen-bond donors (Lipinski definition) is 1. The van der Waals surface area contributed by atoms with E-state index in [4.69, 9.17) is 4.98 Å². The molecule has 2 heterocycles. The van der Waals surface area contributed by atoms with Crippen LogP contribution in [0.1, 0.15) is 25.2 Å². The molecule has 5 heteroatoms. The molecule has 0 aliphatic carbocycles. The minimum Gasteiger partial charge on any atom is -0.373 e. The van der Waals surface area contributed by atoms with E-state index in [1.54, 1.807) is 0 Å². The van der Waals surface area contributed by atoms with Crippen molar-refractivity contribution in [3.05, 3.63) is 11.4 Å². The highest BCUT2D eigenvalue weighted by Crippen LogP contribution is 2.28. The molecule has 2 rings (SSSR count). The average Bonchev–Trinajstić information content (AvgIpc) is 2.39. The number of aromatic nitrogens is 2. The van der Waals surface area contributed by atoms with E-state index in [1.165, 1.54) is 5.75 Å². The minimum atomic E-state index is 0.677. The van der Waals surface area contributed by atoms with Crippen molar-refractivity contribution in [1.82, 2.24) is 9.97 Å². The molecule has 0 saturated carbocycles. The number of aryl methyl sites for hydroxylation is 1. The predicted octanol–water partition coefficient (Wildman–Crippen LogP) is 2.33. The van der Waals surface area contributed by atoms with Gasteiger partial charge in [0.2, 0.25) is 0 Å². The van der Waals surface area contributed by atoms with E-state index in [9.17, 15) is 0 Å². The van der Waals surface area contributed by atoms with Crippen LogP contribution in [0.15, 0.2) is 0 Å². The normalized spacial score (nSPS) is 20.0. The lowest BCUT2D eigenvalue weighted by atomic mass is 10.2. The standard InChI is InChI=1S/C13H22N4S/c1-5-11-15-12(14-4)10(3)13(16-11)17-6-7-18-9(2)8-17/h9H,5-8H2,1-4H3,(H,14,15,16). The number of rotatable bonds is 3. The van der Waals surface area contributed by atoms with E-state index < -0.39 is 0 Å². The molecule has 1 aliphatic rings. The third-order valence-electron chi connectivity index (χ3n) is 3.26. The van der Waals surface area contributed by atoms with E-state index in [1.807, 2.05) is 18.8 Å². The molecule has 100 valence electrons. The van der Waals surface area contributed by atoms with Crippen molar-refractivity contribution in [3.8, 4) is 0 Å². The maximum Gasteiger partial charge on any atom is 0.137 e. The maximum absolute atomic E-state index is 4.72. The van der Waals surface area contributed by atoms with Crippen LogP contribution in [0.25, 0.3) is 0 Å². The average molecular weight is 266 g/mol. The van der Waals surface area contributed by atoms with Gasteiger partial charge in [0.15, 0.2) is 0 Å². The Morgan fingerprint density at radius 3 is 2.83 bits per heavy atom. The first-order valence-electron chi connectivity index (χ1n) is 6.57. The number of thioether (sulfide) groups is 1. The van der Waals surface area contributed by atoms with Gasteiger partial charge in [-0.15, -0.1) is 0 Å². The van der Waals surface area contributed by atoms with E-state index in [-0.39, 0.29) is 0 Å². The van der Waals surface area contributed by atoms with Crippen LogP contribution < -0.4 is 10.2 Å².